The third kappa shape index (κ3) is 6.10. The van der Waals surface area contributed by atoms with E-state index in [-0.39, 0.29) is 21.5 Å². The lowest BCUT2D eigenvalue weighted by molar-refractivity contribution is -0.0187. The number of hydroxylamine groups is 2. The van der Waals surface area contributed by atoms with E-state index in [1.165, 1.54) is 29.4 Å². The normalized spacial score (nSPS) is 20.7. The maximum atomic E-state index is 12.2. The molecule has 3 unspecified atom stereocenters. The van der Waals surface area contributed by atoms with Crippen LogP contribution in [0.5, 0.6) is 0 Å². The Labute approximate surface area is 220 Å². The van der Waals surface area contributed by atoms with Crippen molar-refractivity contribution in [1.29, 1.82) is 0 Å². The van der Waals surface area contributed by atoms with Crippen molar-refractivity contribution in [2.24, 2.45) is 5.92 Å². The second kappa shape index (κ2) is 10.6. The summed E-state index contributed by atoms with van der Waals surface area (Å²) in [5, 5.41) is 14.0. The van der Waals surface area contributed by atoms with Crippen molar-refractivity contribution in [3.8, 4) is 0 Å². The lowest BCUT2D eigenvalue weighted by atomic mass is 9.82. The molecule has 3 rings (SSSR count). The molecule has 0 saturated carbocycles. The molecular formula is C28H40ClN3O2S. The van der Waals surface area contributed by atoms with Gasteiger partial charge in [0.15, 0.2) is 0 Å². The van der Waals surface area contributed by atoms with Crippen molar-refractivity contribution in [2.75, 3.05) is 18.5 Å². The van der Waals surface area contributed by atoms with Crippen LogP contribution in [0.1, 0.15) is 76.3 Å². The second-order valence-corrected chi connectivity index (χ2v) is 13.5. The average Bonchev–Trinajstić information content (AvgIpc) is 3.00. The molecule has 1 aliphatic rings. The lowest BCUT2D eigenvalue weighted by Gasteiger charge is -2.47. The fraction of sp³-hybridized carbons (Fsp3) is 0.536. The molecule has 0 aromatic heterocycles. The SMILES string of the molecule is CC(C)c1ccc2c(c1)C(SC(C)(C)C)C(C)(C(C)CNC(=O)N(C)O)N2Cc1ccc(Cl)cc1. The Morgan fingerprint density at radius 3 is 2.37 bits per heavy atom. The summed E-state index contributed by atoms with van der Waals surface area (Å²) in [4.78, 5) is 14.7. The van der Waals surface area contributed by atoms with Crippen LogP contribution < -0.4 is 10.2 Å². The number of rotatable bonds is 7. The van der Waals surface area contributed by atoms with Crippen LogP contribution >= 0.6 is 23.4 Å². The van der Waals surface area contributed by atoms with Crippen LogP contribution in [-0.2, 0) is 6.54 Å². The molecule has 0 spiro atoms. The number of thioether (sulfide) groups is 1. The molecule has 0 fully saturated rings. The number of amides is 2. The monoisotopic (exact) mass is 517 g/mol. The van der Waals surface area contributed by atoms with Gasteiger partial charge < -0.3 is 10.2 Å². The molecule has 35 heavy (non-hydrogen) atoms. The van der Waals surface area contributed by atoms with E-state index in [0.29, 0.717) is 17.5 Å². The van der Waals surface area contributed by atoms with Crippen LogP contribution in [0.15, 0.2) is 42.5 Å². The summed E-state index contributed by atoms with van der Waals surface area (Å²) in [6, 6.07) is 14.5. The van der Waals surface area contributed by atoms with Crippen LogP contribution in [0.25, 0.3) is 0 Å². The van der Waals surface area contributed by atoms with Crippen molar-refractivity contribution in [3.05, 3.63) is 64.2 Å². The van der Waals surface area contributed by atoms with E-state index in [9.17, 15) is 10.0 Å². The van der Waals surface area contributed by atoms with Crippen LogP contribution in [-0.4, -0.2) is 40.2 Å². The predicted octanol–water partition coefficient (Wildman–Crippen LogP) is 7.48. The number of urea groups is 1. The predicted molar refractivity (Wildman–Crippen MR) is 149 cm³/mol. The number of hydrogen-bond acceptors (Lipinski definition) is 4. The zero-order valence-electron chi connectivity index (χ0n) is 22.2. The number of hydrogen-bond donors (Lipinski definition) is 2. The molecule has 0 bridgehead atoms. The van der Waals surface area contributed by atoms with Gasteiger partial charge in [-0.3, -0.25) is 5.21 Å². The zero-order valence-corrected chi connectivity index (χ0v) is 23.8. The number of nitrogens with one attached hydrogen (secondary N) is 1. The van der Waals surface area contributed by atoms with Gasteiger partial charge in [0.05, 0.1) is 10.8 Å². The third-order valence-corrected chi connectivity index (χ3v) is 8.91. The first-order valence-corrected chi connectivity index (χ1v) is 13.5. The van der Waals surface area contributed by atoms with E-state index in [1.54, 1.807) is 0 Å². The van der Waals surface area contributed by atoms with E-state index in [2.05, 4.69) is 89.0 Å². The van der Waals surface area contributed by atoms with E-state index in [0.717, 1.165) is 11.6 Å². The van der Waals surface area contributed by atoms with Crippen molar-refractivity contribution in [3.63, 3.8) is 0 Å². The number of benzene rings is 2. The van der Waals surface area contributed by atoms with Gasteiger partial charge in [0.1, 0.15) is 0 Å². The Morgan fingerprint density at radius 1 is 1.20 bits per heavy atom. The van der Waals surface area contributed by atoms with Gasteiger partial charge in [-0.05, 0) is 53.6 Å². The third-order valence-electron chi connectivity index (χ3n) is 6.98. The van der Waals surface area contributed by atoms with E-state index in [1.807, 2.05) is 23.9 Å². The summed E-state index contributed by atoms with van der Waals surface area (Å²) in [6.45, 7) is 17.0. The number of fused-ring (bicyclic) bond motifs is 1. The number of halogens is 1. The first-order valence-electron chi connectivity index (χ1n) is 12.3. The number of carbonyl (C=O) groups is 1. The molecular weight excluding hydrogens is 478 g/mol. The minimum Gasteiger partial charge on any atom is -0.360 e. The summed E-state index contributed by atoms with van der Waals surface area (Å²) >= 11 is 8.16. The highest BCUT2D eigenvalue weighted by atomic mass is 35.5. The van der Waals surface area contributed by atoms with Crippen molar-refractivity contribution < 1.29 is 10.0 Å². The standard InChI is InChI=1S/C28H40ClN3O2S/c1-18(2)21-11-14-24-23(15-21)25(35-27(4,5)6)28(7,19(3)16-30-26(33)31(8)34)32(24)17-20-9-12-22(29)13-10-20/h9-15,18-19,25,34H,16-17H2,1-8H3,(H,30,33). The molecule has 192 valence electrons. The average molecular weight is 518 g/mol. The van der Waals surface area contributed by atoms with E-state index >= 15 is 0 Å². The van der Waals surface area contributed by atoms with E-state index < -0.39 is 6.03 Å². The summed E-state index contributed by atoms with van der Waals surface area (Å²) in [5.74, 6) is 0.530. The fourth-order valence-electron chi connectivity index (χ4n) is 4.75. The fourth-order valence-corrected chi connectivity index (χ4v) is 6.50. The maximum absolute atomic E-state index is 12.2. The van der Waals surface area contributed by atoms with Crippen LogP contribution in [0.2, 0.25) is 5.02 Å². The molecule has 5 nitrogen and oxygen atoms in total. The Bertz CT molecular complexity index is 1040. The molecule has 1 aliphatic heterocycles. The highest BCUT2D eigenvalue weighted by Gasteiger charge is 2.52. The molecule has 3 atom stereocenters. The highest BCUT2D eigenvalue weighted by molar-refractivity contribution is 8.00. The molecule has 2 N–H and O–H groups in total. The Morgan fingerprint density at radius 2 is 1.83 bits per heavy atom. The minimum absolute atomic E-state index is 0.0433. The second-order valence-electron chi connectivity index (χ2n) is 11.1. The Hall–Kier alpha value is -1.89. The van der Waals surface area contributed by atoms with Crippen molar-refractivity contribution >= 4 is 35.1 Å². The molecule has 7 heteroatoms. The van der Waals surface area contributed by atoms with Crippen LogP contribution in [0.4, 0.5) is 10.5 Å². The van der Waals surface area contributed by atoms with Gasteiger partial charge >= 0.3 is 6.03 Å². The quantitative estimate of drug-likeness (QED) is 0.295. The van der Waals surface area contributed by atoms with Gasteiger partial charge in [0.2, 0.25) is 0 Å². The molecule has 2 aromatic carbocycles. The molecule has 0 aliphatic carbocycles. The largest absolute Gasteiger partial charge is 0.360 e. The van der Waals surface area contributed by atoms with Gasteiger partial charge in [-0.15, -0.1) is 11.8 Å². The minimum atomic E-state index is -0.498. The van der Waals surface area contributed by atoms with Gasteiger partial charge in [-0.2, -0.15) is 0 Å². The van der Waals surface area contributed by atoms with Gasteiger partial charge in [0.25, 0.3) is 0 Å². The summed E-state index contributed by atoms with van der Waals surface area (Å²) in [7, 11) is 1.34. The first kappa shape index (κ1) is 27.7. The van der Waals surface area contributed by atoms with Gasteiger partial charge in [-0.25, -0.2) is 9.86 Å². The molecule has 0 saturated heterocycles. The van der Waals surface area contributed by atoms with Crippen LogP contribution in [0.3, 0.4) is 0 Å². The Kier molecular flexibility index (Phi) is 8.40. The van der Waals surface area contributed by atoms with Gasteiger partial charge in [0, 0.05) is 35.6 Å². The summed E-state index contributed by atoms with van der Waals surface area (Å²) < 4.78 is 0.0433. The smallest absolute Gasteiger partial charge is 0.340 e. The Balaban J connectivity index is 2.12. The summed E-state index contributed by atoms with van der Waals surface area (Å²) in [6.07, 6.45) is 0. The van der Waals surface area contributed by atoms with Crippen LogP contribution in [0, 0.1) is 5.92 Å². The maximum Gasteiger partial charge on any atom is 0.340 e. The number of nitrogens with zero attached hydrogens (tertiary/aromatic N) is 2. The molecule has 2 amide bonds. The topological polar surface area (TPSA) is 55.8 Å². The first-order chi connectivity index (χ1) is 16.2. The molecule has 1 heterocycles. The van der Waals surface area contributed by atoms with Crippen molar-refractivity contribution in [1.82, 2.24) is 10.4 Å². The number of anilines is 1. The summed E-state index contributed by atoms with van der Waals surface area (Å²) in [5.41, 5.74) is 4.82. The number of carbonyl (C=O) groups excluding carboxylic acids is 1. The highest BCUT2D eigenvalue weighted by Crippen LogP contribution is 2.59. The van der Waals surface area contributed by atoms with Gasteiger partial charge in [-0.1, -0.05) is 77.4 Å². The lowest BCUT2D eigenvalue weighted by Crippen LogP contribution is -2.54. The molecule has 0 radical (unpaired) electrons. The van der Waals surface area contributed by atoms with Crippen molar-refractivity contribution in [2.45, 2.75) is 76.5 Å². The van der Waals surface area contributed by atoms with E-state index in [4.69, 9.17) is 11.6 Å². The zero-order chi connectivity index (χ0) is 26.1. The molecule has 2 aromatic rings.